The molecule has 0 aliphatic heterocycles. The quantitative estimate of drug-likeness (QED) is 0.610. The van der Waals surface area contributed by atoms with Gasteiger partial charge < -0.3 is 15.0 Å². The van der Waals surface area contributed by atoms with Crippen molar-refractivity contribution in [1.82, 2.24) is 10.2 Å². The van der Waals surface area contributed by atoms with E-state index in [-0.39, 0.29) is 12.0 Å². The summed E-state index contributed by atoms with van der Waals surface area (Å²) < 4.78 is 4.85. The van der Waals surface area contributed by atoms with Gasteiger partial charge in [0.15, 0.2) is 0 Å². The number of likely N-dealkylation sites (N-methyl/N-ethyl adjacent to an activating group) is 1. The Morgan fingerprint density at radius 2 is 2.14 bits per heavy atom. The Morgan fingerprint density at radius 1 is 1.50 bits per heavy atom. The first-order valence-corrected chi connectivity index (χ1v) is 5.10. The molecule has 4 nitrogen and oxygen atoms in total. The fourth-order valence-electron chi connectivity index (χ4n) is 1.08. The van der Waals surface area contributed by atoms with Crippen molar-refractivity contribution in [2.24, 2.45) is 0 Å². The molecule has 14 heavy (non-hydrogen) atoms. The highest BCUT2D eigenvalue weighted by Crippen LogP contribution is 1.93. The number of carbonyl (C=O) groups excluding carboxylic acids is 1. The van der Waals surface area contributed by atoms with Crippen molar-refractivity contribution in [3.05, 3.63) is 0 Å². The van der Waals surface area contributed by atoms with Gasteiger partial charge in [0.05, 0.1) is 13.0 Å². The second-order valence-corrected chi connectivity index (χ2v) is 3.67. The predicted molar refractivity (Wildman–Crippen MR) is 57.3 cm³/mol. The summed E-state index contributed by atoms with van der Waals surface area (Å²) in [5.74, 6) is -0.127. The van der Waals surface area contributed by atoms with E-state index in [2.05, 4.69) is 10.2 Å². The molecule has 1 unspecified atom stereocenters. The molecule has 84 valence electrons. The predicted octanol–water partition coefficient (Wildman–Crippen LogP) is 0.479. The van der Waals surface area contributed by atoms with Crippen LogP contribution in [0.1, 0.15) is 20.3 Å². The van der Waals surface area contributed by atoms with E-state index in [0.717, 1.165) is 13.1 Å². The van der Waals surface area contributed by atoms with Crippen molar-refractivity contribution in [3.8, 4) is 0 Å². The molecule has 0 aromatic rings. The summed E-state index contributed by atoms with van der Waals surface area (Å²) in [4.78, 5) is 13.2. The van der Waals surface area contributed by atoms with Crippen LogP contribution in [0.3, 0.4) is 0 Å². The zero-order valence-electron chi connectivity index (χ0n) is 9.67. The molecule has 0 saturated carbocycles. The summed E-state index contributed by atoms with van der Waals surface area (Å²) >= 11 is 0. The van der Waals surface area contributed by atoms with E-state index in [1.807, 2.05) is 27.9 Å². The average Bonchev–Trinajstić information content (AvgIpc) is 2.03. The van der Waals surface area contributed by atoms with Crippen LogP contribution < -0.4 is 5.32 Å². The zero-order chi connectivity index (χ0) is 11.0. The van der Waals surface area contributed by atoms with Gasteiger partial charge in [-0.2, -0.15) is 0 Å². The highest BCUT2D eigenvalue weighted by molar-refractivity contribution is 5.69. The van der Waals surface area contributed by atoms with Crippen LogP contribution in [-0.4, -0.2) is 50.7 Å². The van der Waals surface area contributed by atoms with Gasteiger partial charge in [0.2, 0.25) is 0 Å². The first kappa shape index (κ1) is 13.4. The van der Waals surface area contributed by atoms with Crippen LogP contribution >= 0.6 is 0 Å². The Balaban J connectivity index is 3.44. The highest BCUT2D eigenvalue weighted by atomic mass is 16.5. The van der Waals surface area contributed by atoms with E-state index in [4.69, 9.17) is 4.74 Å². The van der Waals surface area contributed by atoms with Crippen molar-refractivity contribution in [3.63, 3.8) is 0 Å². The maximum atomic E-state index is 11.1. The molecule has 0 fully saturated rings. The third kappa shape index (κ3) is 8.01. The molecule has 0 radical (unpaired) electrons. The first-order valence-electron chi connectivity index (χ1n) is 5.10. The molecule has 0 bridgehead atoms. The van der Waals surface area contributed by atoms with Gasteiger partial charge in [0.1, 0.15) is 0 Å². The van der Waals surface area contributed by atoms with Gasteiger partial charge in [-0.3, -0.25) is 4.79 Å². The number of carbonyl (C=O) groups is 1. The summed E-state index contributed by atoms with van der Waals surface area (Å²) in [5.41, 5.74) is 0. The molecule has 0 amide bonds. The van der Waals surface area contributed by atoms with Gasteiger partial charge in [-0.1, -0.05) is 0 Å². The molecule has 1 N–H and O–H groups in total. The molecule has 0 aromatic heterocycles. The van der Waals surface area contributed by atoms with E-state index in [1.54, 1.807) is 0 Å². The van der Waals surface area contributed by atoms with Gasteiger partial charge >= 0.3 is 5.97 Å². The molecule has 0 spiro atoms. The van der Waals surface area contributed by atoms with Crippen molar-refractivity contribution in [2.75, 3.05) is 33.8 Å². The van der Waals surface area contributed by atoms with Gasteiger partial charge in [-0.05, 0) is 27.9 Å². The maximum absolute atomic E-state index is 11.1. The maximum Gasteiger partial charge on any atom is 0.307 e. The van der Waals surface area contributed by atoms with E-state index < -0.39 is 0 Å². The van der Waals surface area contributed by atoms with Crippen molar-refractivity contribution in [2.45, 2.75) is 26.3 Å². The average molecular weight is 202 g/mol. The van der Waals surface area contributed by atoms with Crippen LogP contribution in [0.5, 0.6) is 0 Å². The largest absolute Gasteiger partial charge is 0.466 e. The van der Waals surface area contributed by atoms with E-state index >= 15 is 0 Å². The smallest absolute Gasteiger partial charge is 0.307 e. The molecule has 1 atom stereocenters. The lowest BCUT2D eigenvalue weighted by molar-refractivity contribution is -0.143. The Kier molecular flexibility index (Phi) is 7.42. The number of hydrogen-bond acceptors (Lipinski definition) is 4. The topological polar surface area (TPSA) is 41.6 Å². The van der Waals surface area contributed by atoms with Crippen LogP contribution in [-0.2, 0) is 9.53 Å². The molecule has 4 heteroatoms. The van der Waals surface area contributed by atoms with Crippen molar-refractivity contribution >= 4 is 5.97 Å². The normalized spacial score (nSPS) is 12.9. The lowest BCUT2D eigenvalue weighted by Gasteiger charge is -2.15. The second kappa shape index (κ2) is 7.76. The molecule has 0 aliphatic rings. The summed E-state index contributed by atoms with van der Waals surface area (Å²) in [6.45, 7) is 6.15. The van der Waals surface area contributed by atoms with Gasteiger partial charge in [0, 0.05) is 19.1 Å². The molecular formula is C10H22N2O2. The van der Waals surface area contributed by atoms with Gasteiger partial charge in [-0.25, -0.2) is 0 Å². The minimum atomic E-state index is -0.127. The Bertz CT molecular complexity index is 160. The Morgan fingerprint density at radius 3 is 2.64 bits per heavy atom. The number of esters is 1. The highest BCUT2D eigenvalue weighted by Gasteiger charge is 2.08. The number of nitrogens with one attached hydrogen (secondary N) is 1. The standard InChI is InChI=1S/C10H22N2O2/c1-5-14-10(13)8-9(2)11-6-7-12(3)4/h9,11H,5-8H2,1-4H3. The minimum Gasteiger partial charge on any atom is -0.466 e. The van der Waals surface area contributed by atoms with Crippen LogP contribution in [0.4, 0.5) is 0 Å². The SMILES string of the molecule is CCOC(=O)CC(C)NCCN(C)C. The number of hydrogen-bond donors (Lipinski definition) is 1. The van der Waals surface area contributed by atoms with E-state index in [1.165, 1.54) is 0 Å². The summed E-state index contributed by atoms with van der Waals surface area (Å²) in [6, 6.07) is 0.189. The third-order valence-corrected chi connectivity index (χ3v) is 1.83. The monoisotopic (exact) mass is 202 g/mol. The fraction of sp³-hybridized carbons (Fsp3) is 0.900. The van der Waals surface area contributed by atoms with Crippen LogP contribution in [0.2, 0.25) is 0 Å². The van der Waals surface area contributed by atoms with Gasteiger partial charge in [0.25, 0.3) is 0 Å². The molecule has 0 aliphatic carbocycles. The van der Waals surface area contributed by atoms with Crippen LogP contribution in [0.15, 0.2) is 0 Å². The molecule has 0 heterocycles. The van der Waals surface area contributed by atoms with Crippen LogP contribution in [0, 0.1) is 0 Å². The van der Waals surface area contributed by atoms with E-state index in [9.17, 15) is 4.79 Å². The molecule has 0 aromatic carbocycles. The fourth-order valence-corrected chi connectivity index (χ4v) is 1.08. The number of rotatable bonds is 7. The van der Waals surface area contributed by atoms with Crippen LogP contribution in [0.25, 0.3) is 0 Å². The Labute approximate surface area is 86.6 Å². The lowest BCUT2D eigenvalue weighted by atomic mass is 10.2. The molecule has 0 saturated heterocycles. The van der Waals surface area contributed by atoms with Gasteiger partial charge in [-0.15, -0.1) is 0 Å². The third-order valence-electron chi connectivity index (χ3n) is 1.83. The van der Waals surface area contributed by atoms with Crippen molar-refractivity contribution in [1.29, 1.82) is 0 Å². The second-order valence-electron chi connectivity index (χ2n) is 3.67. The molecule has 0 rings (SSSR count). The first-order chi connectivity index (χ1) is 6.56. The number of ether oxygens (including phenoxy) is 1. The minimum absolute atomic E-state index is 0.127. The zero-order valence-corrected chi connectivity index (χ0v) is 9.67. The lowest BCUT2D eigenvalue weighted by Crippen LogP contribution is -2.34. The number of nitrogens with zero attached hydrogens (tertiary/aromatic N) is 1. The summed E-state index contributed by atoms with van der Waals surface area (Å²) in [6.07, 6.45) is 0.446. The summed E-state index contributed by atoms with van der Waals surface area (Å²) in [5, 5.41) is 3.26. The van der Waals surface area contributed by atoms with E-state index in [0.29, 0.717) is 13.0 Å². The molecular weight excluding hydrogens is 180 g/mol. The summed E-state index contributed by atoms with van der Waals surface area (Å²) in [7, 11) is 4.05. The Hall–Kier alpha value is -0.610. The van der Waals surface area contributed by atoms with Crippen molar-refractivity contribution < 1.29 is 9.53 Å².